The molecule has 0 atom stereocenters. The Morgan fingerprint density at radius 1 is 1.29 bits per heavy atom. The first-order valence-electron chi connectivity index (χ1n) is 5.34. The molecular formula is C12H13N3OS. The lowest BCUT2D eigenvalue weighted by atomic mass is 10.2. The van der Waals surface area contributed by atoms with Gasteiger partial charge in [0.2, 0.25) is 0 Å². The largest absolute Gasteiger partial charge is 0.300 e. The molecule has 0 aliphatic carbocycles. The minimum Gasteiger partial charge on any atom is -0.265 e. The van der Waals surface area contributed by atoms with Gasteiger partial charge in [-0.3, -0.25) is 4.79 Å². The zero-order chi connectivity index (χ0) is 12.3. The minimum atomic E-state index is -0.273. The highest BCUT2D eigenvalue weighted by molar-refractivity contribution is 7.98. The number of benzene rings is 1. The molecule has 0 saturated heterocycles. The number of thioether (sulfide) groups is 1. The van der Waals surface area contributed by atoms with Crippen molar-refractivity contribution in [3.05, 3.63) is 40.7 Å². The second-order valence-electron chi connectivity index (χ2n) is 3.43. The summed E-state index contributed by atoms with van der Waals surface area (Å²) in [6, 6.07) is 9.41. The minimum absolute atomic E-state index is 0.273. The fraction of sp³-hybridized carbons (Fsp3) is 0.250. The second-order valence-corrected chi connectivity index (χ2v) is 4.21. The molecule has 2 aromatic rings. The Morgan fingerprint density at radius 3 is 2.59 bits per heavy atom. The first kappa shape index (κ1) is 11.9. The lowest BCUT2D eigenvalue weighted by molar-refractivity contribution is 0.547. The normalized spacial score (nSPS) is 10.5. The molecule has 2 rings (SSSR count). The van der Waals surface area contributed by atoms with Crippen molar-refractivity contribution in [2.45, 2.75) is 18.6 Å². The SMILES string of the molecule is CCn1nc(-c2ccccc2)c(=O)nc1SC. The average Bonchev–Trinajstić information content (AvgIpc) is 2.39. The molecule has 0 radical (unpaired) electrons. The van der Waals surface area contributed by atoms with Crippen LogP contribution >= 0.6 is 11.8 Å². The number of hydrogen-bond acceptors (Lipinski definition) is 4. The lowest BCUT2D eigenvalue weighted by Crippen LogP contribution is -2.20. The molecule has 0 amide bonds. The standard InChI is InChI=1S/C12H13N3OS/c1-3-15-12(17-2)13-11(16)10(14-15)9-7-5-4-6-8-9/h4-8H,3H2,1-2H3. The lowest BCUT2D eigenvalue weighted by Gasteiger charge is -2.08. The van der Waals surface area contributed by atoms with Crippen LogP contribution in [0.1, 0.15) is 6.92 Å². The van der Waals surface area contributed by atoms with Gasteiger partial charge in [-0.1, -0.05) is 42.1 Å². The van der Waals surface area contributed by atoms with Crippen LogP contribution in [0.3, 0.4) is 0 Å². The van der Waals surface area contributed by atoms with Gasteiger partial charge in [-0.15, -0.1) is 0 Å². The van der Waals surface area contributed by atoms with Crippen LogP contribution in [0.15, 0.2) is 40.3 Å². The molecule has 88 valence electrons. The van der Waals surface area contributed by atoms with E-state index in [1.807, 2.05) is 43.5 Å². The Hall–Kier alpha value is -1.62. The maximum Gasteiger partial charge on any atom is 0.300 e. The van der Waals surface area contributed by atoms with Crippen LogP contribution in [0.2, 0.25) is 0 Å². The molecule has 0 aliphatic heterocycles. The van der Waals surface area contributed by atoms with Gasteiger partial charge in [-0.05, 0) is 13.2 Å². The highest BCUT2D eigenvalue weighted by Crippen LogP contribution is 2.14. The summed E-state index contributed by atoms with van der Waals surface area (Å²) in [5.41, 5.74) is 0.940. The molecule has 1 heterocycles. The summed E-state index contributed by atoms with van der Waals surface area (Å²) in [7, 11) is 0. The van der Waals surface area contributed by atoms with Gasteiger partial charge in [0, 0.05) is 12.1 Å². The fourth-order valence-corrected chi connectivity index (χ4v) is 2.09. The first-order chi connectivity index (χ1) is 8.26. The van der Waals surface area contributed by atoms with Crippen molar-refractivity contribution in [2.24, 2.45) is 0 Å². The van der Waals surface area contributed by atoms with E-state index in [4.69, 9.17) is 0 Å². The first-order valence-corrected chi connectivity index (χ1v) is 6.57. The van der Waals surface area contributed by atoms with Crippen molar-refractivity contribution in [1.29, 1.82) is 0 Å². The van der Waals surface area contributed by atoms with Crippen molar-refractivity contribution < 1.29 is 0 Å². The maximum absolute atomic E-state index is 11.9. The van der Waals surface area contributed by atoms with Crippen molar-refractivity contribution in [2.75, 3.05) is 6.26 Å². The molecule has 0 spiro atoms. The Morgan fingerprint density at radius 2 is 2.00 bits per heavy atom. The van der Waals surface area contributed by atoms with E-state index in [1.165, 1.54) is 11.8 Å². The maximum atomic E-state index is 11.9. The quantitative estimate of drug-likeness (QED) is 0.779. The third-order valence-corrected chi connectivity index (χ3v) is 3.04. The zero-order valence-electron chi connectivity index (χ0n) is 9.75. The predicted molar refractivity (Wildman–Crippen MR) is 69.2 cm³/mol. The third-order valence-electron chi connectivity index (χ3n) is 2.37. The van der Waals surface area contributed by atoms with E-state index in [1.54, 1.807) is 4.68 Å². The number of rotatable bonds is 3. The number of nitrogens with zero attached hydrogens (tertiary/aromatic N) is 3. The molecule has 0 N–H and O–H groups in total. The van der Waals surface area contributed by atoms with E-state index in [-0.39, 0.29) is 5.56 Å². The Bertz CT molecular complexity index is 566. The highest BCUT2D eigenvalue weighted by Gasteiger charge is 2.10. The fourth-order valence-electron chi connectivity index (χ4n) is 1.54. The Balaban J connectivity index is 2.60. The topological polar surface area (TPSA) is 47.8 Å². The van der Waals surface area contributed by atoms with Crippen LogP contribution in [-0.2, 0) is 6.54 Å². The molecule has 4 nitrogen and oxygen atoms in total. The second kappa shape index (κ2) is 5.14. The highest BCUT2D eigenvalue weighted by atomic mass is 32.2. The number of aromatic nitrogens is 3. The zero-order valence-corrected chi connectivity index (χ0v) is 10.6. The van der Waals surface area contributed by atoms with Crippen molar-refractivity contribution in [1.82, 2.24) is 14.8 Å². The van der Waals surface area contributed by atoms with Crippen LogP contribution in [0, 0.1) is 0 Å². The molecule has 0 fully saturated rings. The van der Waals surface area contributed by atoms with E-state index < -0.39 is 0 Å². The van der Waals surface area contributed by atoms with E-state index in [2.05, 4.69) is 10.1 Å². The summed E-state index contributed by atoms with van der Waals surface area (Å²) >= 11 is 1.43. The molecule has 17 heavy (non-hydrogen) atoms. The van der Waals surface area contributed by atoms with Gasteiger partial charge < -0.3 is 0 Å². The molecule has 5 heteroatoms. The van der Waals surface area contributed by atoms with Crippen LogP contribution in [0.25, 0.3) is 11.3 Å². The van der Waals surface area contributed by atoms with Gasteiger partial charge in [0.1, 0.15) is 0 Å². The Labute approximate surface area is 104 Å². The van der Waals surface area contributed by atoms with E-state index in [0.717, 1.165) is 5.56 Å². The van der Waals surface area contributed by atoms with E-state index in [9.17, 15) is 4.79 Å². The monoisotopic (exact) mass is 247 g/mol. The predicted octanol–water partition coefficient (Wildman–Crippen LogP) is 2.05. The summed E-state index contributed by atoms with van der Waals surface area (Å²) in [4.78, 5) is 15.9. The molecule has 0 aliphatic rings. The summed E-state index contributed by atoms with van der Waals surface area (Å²) in [6.45, 7) is 2.68. The van der Waals surface area contributed by atoms with Gasteiger partial charge in [-0.25, -0.2) is 4.68 Å². The molecule has 0 unspecified atom stereocenters. The smallest absolute Gasteiger partial charge is 0.265 e. The summed E-state index contributed by atoms with van der Waals surface area (Å²) in [5.74, 6) is 0. The van der Waals surface area contributed by atoms with Crippen molar-refractivity contribution in [3.8, 4) is 11.3 Å². The molecule has 0 saturated carbocycles. The van der Waals surface area contributed by atoms with Crippen LogP contribution < -0.4 is 5.56 Å². The van der Waals surface area contributed by atoms with Crippen LogP contribution in [0.5, 0.6) is 0 Å². The third kappa shape index (κ3) is 2.39. The van der Waals surface area contributed by atoms with Gasteiger partial charge >= 0.3 is 0 Å². The summed E-state index contributed by atoms with van der Waals surface area (Å²) < 4.78 is 1.74. The number of hydrogen-bond donors (Lipinski definition) is 0. The number of aryl methyl sites for hydroxylation is 1. The van der Waals surface area contributed by atoms with Gasteiger partial charge in [0.15, 0.2) is 10.9 Å². The van der Waals surface area contributed by atoms with E-state index >= 15 is 0 Å². The van der Waals surface area contributed by atoms with Gasteiger partial charge in [0.25, 0.3) is 5.56 Å². The summed E-state index contributed by atoms with van der Waals surface area (Å²) in [6.07, 6.45) is 1.89. The molecule has 1 aromatic heterocycles. The molecule has 0 bridgehead atoms. The Kier molecular flexibility index (Phi) is 3.58. The van der Waals surface area contributed by atoms with Crippen molar-refractivity contribution in [3.63, 3.8) is 0 Å². The summed E-state index contributed by atoms with van der Waals surface area (Å²) in [5, 5.41) is 5.00. The van der Waals surface area contributed by atoms with Crippen LogP contribution in [0.4, 0.5) is 0 Å². The van der Waals surface area contributed by atoms with Crippen molar-refractivity contribution >= 4 is 11.8 Å². The molecule has 1 aromatic carbocycles. The van der Waals surface area contributed by atoms with Gasteiger partial charge in [0.05, 0.1) is 0 Å². The van der Waals surface area contributed by atoms with Gasteiger partial charge in [-0.2, -0.15) is 10.1 Å². The van der Waals surface area contributed by atoms with Crippen LogP contribution in [-0.4, -0.2) is 21.0 Å². The van der Waals surface area contributed by atoms with E-state index in [0.29, 0.717) is 17.4 Å². The average molecular weight is 247 g/mol. The molecular weight excluding hydrogens is 234 g/mol.